The molecule has 2 aromatic heterocycles. The van der Waals surface area contributed by atoms with E-state index in [1.165, 1.54) is 0 Å². The number of pyridine rings is 2. The van der Waals surface area contributed by atoms with Crippen molar-refractivity contribution in [2.45, 2.75) is 25.3 Å². The number of hydrogen-bond acceptors (Lipinski definition) is 5. The number of carbonyl (C=O) groups is 1. The predicted octanol–water partition coefficient (Wildman–Crippen LogP) is 1.13. The Kier molecular flexibility index (Phi) is 4.83. The summed E-state index contributed by atoms with van der Waals surface area (Å²) < 4.78 is 5.50. The van der Waals surface area contributed by atoms with E-state index in [9.17, 15) is 9.90 Å². The molecule has 2 N–H and O–H groups in total. The summed E-state index contributed by atoms with van der Waals surface area (Å²) in [7, 11) is 0. The van der Waals surface area contributed by atoms with E-state index < -0.39 is 0 Å². The largest absolute Gasteiger partial charge is 0.492 e. The zero-order valence-corrected chi connectivity index (χ0v) is 12.7. The molecule has 0 radical (unpaired) electrons. The lowest BCUT2D eigenvalue weighted by atomic mass is 10.1. The van der Waals surface area contributed by atoms with Crippen LogP contribution in [0.4, 0.5) is 0 Å². The molecule has 1 aliphatic heterocycles. The number of rotatable bonds is 5. The van der Waals surface area contributed by atoms with Crippen molar-refractivity contribution in [1.82, 2.24) is 15.3 Å². The lowest BCUT2D eigenvalue weighted by Crippen LogP contribution is -2.39. The smallest absolute Gasteiger partial charge is 0.270 e. The van der Waals surface area contributed by atoms with Gasteiger partial charge < -0.3 is 15.2 Å². The maximum Gasteiger partial charge on any atom is 0.270 e. The van der Waals surface area contributed by atoms with Gasteiger partial charge in [0, 0.05) is 12.4 Å². The molecule has 0 unspecified atom stereocenters. The first-order chi connectivity index (χ1) is 11.3. The Morgan fingerprint density at radius 1 is 1.39 bits per heavy atom. The molecule has 6 nitrogen and oxygen atoms in total. The highest BCUT2D eigenvalue weighted by Crippen LogP contribution is 2.23. The van der Waals surface area contributed by atoms with E-state index in [-0.39, 0.29) is 18.6 Å². The highest BCUT2D eigenvalue weighted by atomic mass is 16.5. The zero-order valence-electron chi connectivity index (χ0n) is 12.7. The van der Waals surface area contributed by atoms with Crippen molar-refractivity contribution in [3.63, 3.8) is 0 Å². The Morgan fingerprint density at radius 2 is 2.22 bits per heavy atom. The van der Waals surface area contributed by atoms with Gasteiger partial charge in [-0.2, -0.15) is 0 Å². The Morgan fingerprint density at radius 3 is 3.00 bits per heavy atom. The van der Waals surface area contributed by atoms with Crippen molar-refractivity contribution < 1.29 is 14.6 Å². The summed E-state index contributed by atoms with van der Waals surface area (Å²) in [6, 6.07) is 5.14. The van der Waals surface area contributed by atoms with Crippen LogP contribution in [-0.2, 0) is 12.8 Å². The number of nitrogens with zero attached hydrogens (tertiary/aromatic N) is 2. The van der Waals surface area contributed by atoms with Crippen molar-refractivity contribution in [1.29, 1.82) is 0 Å². The fourth-order valence-corrected chi connectivity index (χ4v) is 2.60. The lowest BCUT2D eigenvalue weighted by Gasteiger charge is -2.19. The molecule has 1 amide bonds. The minimum Gasteiger partial charge on any atom is -0.492 e. The first-order valence-corrected chi connectivity index (χ1v) is 7.68. The molecule has 0 bridgehead atoms. The molecule has 2 aromatic rings. The highest BCUT2D eigenvalue weighted by molar-refractivity contribution is 5.92. The van der Waals surface area contributed by atoms with E-state index in [2.05, 4.69) is 15.3 Å². The Labute approximate surface area is 134 Å². The third-order valence-electron chi connectivity index (χ3n) is 3.82. The molecule has 0 saturated carbocycles. The number of aliphatic hydroxyl groups is 1. The third kappa shape index (κ3) is 3.84. The Hall–Kier alpha value is -2.47. The molecule has 0 spiro atoms. The summed E-state index contributed by atoms with van der Waals surface area (Å²) in [5, 5.41) is 12.3. The second-order valence-electron chi connectivity index (χ2n) is 5.54. The van der Waals surface area contributed by atoms with Crippen LogP contribution in [0.15, 0.2) is 36.8 Å². The minimum atomic E-state index is -0.362. The maximum absolute atomic E-state index is 12.4. The first-order valence-electron chi connectivity index (χ1n) is 7.68. The standard InChI is InChI=1S/C17H19N3O3/c21-11-14(8-12-3-5-18-6-4-12)20-17(22)15-9-13-2-1-7-23-16(13)10-19-15/h3-6,9-10,14,21H,1-2,7-8,11H2,(H,20,22)/t14-/m1/s1. The van der Waals surface area contributed by atoms with Crippen molar-refractivity contribution in [3.05, 3.63) is 53.6 Å². The number of aryl methyl sites for hydroxylation is 1. The topological polar surface area (TPSA) is 84.3 Å². The number of hydrogen-bond donors (Lipinski definition) is 2. The molecule has 6 heteroatoms. The van der Waals surface area contributed by atoms with Crippen LogP contribution >= 0.6 is 0 Å². The number of aliphatic hydroxyl groups excluding tert-OH is 1. The van der Waals surface area contributed by atoms with Crippen LogP contribution in [0.25, 0.3) is 0 Å². The van der Waals surface area contributed by atoms with E-state index in [4.69, 9.17) is 4.74 Å². The van der Waals surface area contributed by atoms with Crippen LogP contribution in [0.3, 0.4) is 0 Å². The van der Waals surface area contributed by atoms with Gasteiger partial charge in [-0.05, 0) is 48.6 Å². The van der Waals surface area contributed by atoms with E-state index in [1.54, 1.807) is 24.7 Å². The molecule has 0 aromatic carbocycles. The van der Waals surface area contributed by atoms with E-state index >= 15 is 0 Å². The minimum absolute atomic E-state index is 0.137. The van der Waals surface area contributed by atoms with Crippen LogP contribution in [-0.4, -0.2) is 40.2 Å². The van der Waals surface area contributed by atoms with Crippen molar-refractivity contribution >= 4 is 5.91 Å². The highest BCUT2D eigenvalue weighted by Gasteiger charge is 2.18. The Bertz CT molecular complexity index is 676. The number of nitrogens with one attached hydrogen (secondary N) is 1. The number of amides is 1. The van der Waals surface area contributed by atoms with Crippen molar-refractivity contribution in [3.8, 4) is 5.75 Å². The molecule has 120 valence electrons. The molecular weight excluding hydrogens is 294 g/mol. The van der Waals surface area contributed by atoms with Gasteiger partial charge in [0.1, 0.15) is 11.4 Å². The van der Waals surface area contributed by atoms with Gasteiger partial charge >= 0.3 is 0 Å². The maximum atomic E-state index is 12.4. The Balaban J connectivity index is 1.67. The van der Waals surface area contributed by atoms with Crippen molar-refractivity contribution in [2.24, 2.45) is 0 Å². The van der Waals surface area contributed by atoms with Gasteiger partial charge in [-0.1, -0.05) is 0 Å². The van der Waals surface area contributed by atoms with Gasteiger partial charge in [-0.15, -0.1) is 0 Å². The summed E-state index contributed by atoms with van der Waals surface area (Å²) in [6.45, 7) is 0.556. The average Bonchev–Trinajstić information content (AvgIpc) is 2.61. The van der Waals surface area contributed by atoms with E-state index in [0.717, 1.165) is 29.7 Å². The second-order valence-corrected chi connectivity index (χ2v) is 5.54. The number of ether oxygens (including phenoxy) is 1. The summed E-state index contributed by atoms with van der Waals surface area (Å²) in [5.74, 6) is 0.467. The molecule has 1 atom stereocenters. The van der Waals surface area contributed by atoms with E-state index in [1.807, 2.05) is 12.1 Å². The quantitative estimate of drug-likeness (QED) is 0.864. The SMILES string of the molecule is O=C(N[C@@H](CO)Cc1ccncc1)c1cc2c(cn1)OCCC2. The number of carbonyl (C=O) groups excluding carboxylic acids is 1. The summed E-state index contributed by atoms with van der Waals surface area (Å²) in [4.78, 5) is 20.5. The normalized spacial score (nSPS) is 14.5. The van der Waals surface area contributed by atoms with Gasteiger partial charge in [0.25, 0.3) is 5.91 Å². The van der Waals surface area contributed by atoms with Crippen LogP contribution in [0.2, 0.25) is 0 Å². The molecule has 1 aliphatic rings. The van der Waals surface area contributed by atoms with Crippen molar-refractivity contribution in [2.75, 3.05) is 13.2 Å². The van der Waals surface area contributed by atoms with Gasteiger partial charge in [-0.25, -0.2) is 4.98 Å². The molecular formula is C17H19N3O3. The second kappa shape index (κ2) is 7.19. The monoisotopic (exact) mass is 313 g/mol. The fraction of sp³-hybridized carbons (Fsp3) is 0.353. The molecule has 0 saturated heterocycles. The third-order valence-corrected chi connectivity index (χ3v) is 3.82. The summed E-state index contributed by atoms with van der Waals surface area (Å²) >= 11 is 0. The summed E-state index contributed by atoms with van der Waals surface area (Å²) in [6.07, 6.45) is 7.35. The van der Waals surface area contributed by atoms with Gasteiger partial charge in [0.05, 0.1) is 25.5 Å². The predicted molar refractivity (Wildman–Crippen MR) is 84.3 cm³/mol. The molecule has 0 fully saturated rings. The molecule has 0 aliphatic carbocycles. The lowest BCUT2D eigenvalue weighted by molar-refractivity contribution is 0.0911. The van der Waals surface area contributed by atoms with Gasteiger partial charge in [0.2, 0.25) is 0 Å². The fourth-order valence-electron chi connectivity index (χ4n) is 2.60. The number of aromatic nitrogens is 2. The van der Waals surface area contributed by atoms with Crippen LogP contribution in [0, 0.1) is 0 Å². The summed E-state index contributed by atoms with van der Waals surface area (Å²) in [5.41, 5.74) is 2.36. The molecule has 23 heavy (non-hydrogen) atoms. The van der Waals surface area contributed by atoms with Crippen LogP contribution < -0.4 is 10.1 Å². The number of fused-ring (bicyclic) bond motifs is 1. The zero-order chi connectivity index (χ0) is 16.1. The van der Waals surface area contributed by atoms with Crippen LogP contribution in [0.5, 0.6) is 5.75 Å². The average molecular weight is 313 g/mol. The van der Waals surface area contributed by atoms with E-state index in [0.29, 0.717) is 18.7 Å². The molecule has 3 rings (SSSR count). The first kappa shape index (κ1) is 15.4. The molecule has 3 heterocycles. The van der Waals surface area contributed by atoms with Gasteiger partial charge in [-0.3, -0.25) is 9.78 Å². The van der Waals surface area contributed by atoms with Gasteiger partial charge in [0.15, 0.2) is 0 Å². The van der Waals surface area contributed by atoms with Crippen LogP contribution in [0.1, 0.15) is 28.0 Å².